The van der Waals surface area contributed by atoms with Gasteiger partial charge in [0.25, 0.3) is 0 Å². The van der Waals surface area contributed by atoms with E-state index in [4.69, 9.17) is 9.47 Å². The summed E-state index contributed by atoms with van der Waals surface area (Å²) in [6.45, 7) is 4.72. The fraction of sp³-hybridized carbons (Fsp3) is 0.364. The molecule has 0 radical (unpaired) electrons. The summed E-state index contributed by atoms with van der Waals surface area (Å²) in [6, 6.07) is 15.2. The van der Waals surface area contributed by atoms with E-state index in [-0.39, 0.29) is 5.97 Å². The van der Waals surface area contributed by atoms with Gasteiger partial charge in [-0.2, -0.15) is 0 Å². The van der Waals surface area contributed by atoms with Crippen LogP contribution in [0.25, 0.3) is 0 Å². The van der Waals surface area contributed by atoms with Gasteiger partial charge in [0.1, 0.15) is 5.75 Å². The van der Waals surface area contributed by atoms with E-state index in [0.717, 1.165) is 25.7 Å². The highest BCUT2D eigenvalue weighted by atomic mass is 16.5. The number of hydrogen-bond donors (Lipinski definition) is 0. The number of carbonyl (C=O) groups excluding carboxylic acids is 2. The minimum absolute atomic E-state index is 0.346. The summed E-state index contributed by atoms with van der Waals surface area (Å²) in [4.78, 5) is 24.2. The van der Waals surface area contributed by atoms with Crippen molar-refractivity contribution in [1.29, 1.82) is 0 Å². The predicted molar refractivity (Wildman–Crippen MR) is 101 cm³/mol. The van der Waals surface area contributed by atoms with Gasteiger partial charge in [0.05, 0.1) is 17.7 Å². The molecule has 2 aromatic carbocycles. The van der Waals surface area contributed by atoms with E-state index in [0.29, 0.717) is 29.4 Å². The van der Waals surface area contributed by atoms with E-state index in [2.05, 4.69) is 13.8 Å². The van der Waals surface area contributed by atoms with E-state index in [9.17, 15) is 9.59 Å². The first-order valence-electron chi connectivity index (χ1n) is 9.18. The third-order valence-electron chi connectivity index (χ3n) is 4.30. The van der Waals surface area contributed by atoms with Gasteiger partial charge in [0.15, 0.2) is 0 Å². The molecule has 0 fully saturated rings. The molecule has 26 heavy (non-hydrogen) atoms. The summed E-state index contributed by atoms with van der Waals surface area (Å²) in [5, 5.41) is 0. The van der Waals surface area contributed by atoms with Crippen LogP contribution in [-0.2, 0) is 4.74 Å². The quantitative estimate of drug-likeness (QED) is 0.454. The van der Waals surface area contributed by atoms with Crippen LogP contribution in [0.2, 0.25) is 0 Å². The molecule has 1 unspecified atom stereocenters. The third kappa shape index (κ3) is 6.03. The first kappa shape index (κ1) is 19.7. The molecule has 0 bridgehead atoms. The normalized spacial score (nSPS) is 11.6. The van der Waals surface area contributed by atoms with E-state index in [1.807, 2.05) is 6.07 Å². The van der Waals surface area contributed by atoms with Crippen LogP contribution in [0.15, 0.2) is 54.6 Å². The van der Waals surface area contributed by atoms with Crippen LogP contribution in [0.5, 0.6) is 5.75 Å². The molecule has 0 N–H and O–H groups in total. The summed E-state index contributed by atoms with van der Waals surface area (Å²) in [6.07, 6.45) is 4.38. The molecule has 138 valence electrons. The number of esters is 2. The van der Waals surface area contributed by atoms with Crippen LogP contribution in [0.4, 0.5) is 0 Å². The van der Waals surface area contributed by atoms with E-state index in [1.165, 1.54) is 0 Å². The zero-order valence-electron chi connectivity index (χ0n) is 15.4. The van der Waals surface area contributed by atoms with E-state index < -0.39 is 5.97 Å². The Morgan fingerprint density at radius 1 is 0.885 bits per heavy atom. The lowest BCUT2D eigenvalue weighted by atomic mass is 10.0. The molecule has 0 spiro atoms. The molecule has 0 aromatic heterocycles. The summed E-state index contributed by atoms with van der Waals surface area (Å²) >= 11 is 0. The zero-order chi connectivity index (χ0) is 18.8. The number of unbranched alkanes of at least 4 members (excludes halogenated alkanes) is 1. The summed E-state index contributed by atoms with van der Waals surface area (Å²) in [5.41, 5.74) is 0.934. The maximum atomic E-state index is 12.2. The molecular weight excluding hydrogens is 328 g/mol. The van der Waals surface area contributed by atoms with Crippen molar-refractivity contribution >= 4 is 11.9 Å². The van der Waals surface area contributed by atoms with Crippen LogP contribution < -0.4 is 4.74 Å². The fourth-order valence-electron chi connectivity index (χ4n) is 2.57. The van der Waals surface area contributed by atoms with Crippen molar-refractivity contribution in [3.63, 3.8) is 0 Å². The number of rotatable bonds is 9. The second kappa shape index (κ2) is 10.4. The molecule has 0 amide bonds. The molecule has 4 heteroatoms. The molecule has 0 saturated carbocycles. The van der Waals surface area contributed by atoms with Gasteiger partial charge in [-0.05, 0) is 48.7 Å². The highest BCUT2D eigenvalue weighted by molar-refractivity contribution is 5.91. The average Bonchev–Trinajstić information content (AvgIpc) is 2.69. The second-order valence-electron chi connectivity index (χ2n) is 6.29. The summed E-state index contributed by atoms with van der Waals surface area (Å²) in [7, 11) is 0. The van der Waals surface area contributed by atoms with Gasteiger partial charge in [-0.25, -0.2) is 9.59 Å². The predicted octanol–water partition coefficient (Wildman–Crippen LogP) is 5.28. The molecule has 2 rings (SSSR count). The van der Waals surface area contributed by atoms with Crippen LogP contribution in [0.3, 0.4) is 0 Å². The molecule has 2 aromatic rings. The largest absolute Gasteiger partial charge is 0.462 e. The van der Waals surface area contributed by atoms with Crippen molar-refractivity contribution < 1.29 is 19.1 Å². The van der Waals surface area contributed by atoms with Gasteiger partial charge < -0.3 is 9.47 Å². The van der Waals surface area contributed by atoms with Crippen molar-refractivity contribution in [1.82, 2.24) is 0 Å². The van der Waals surface area contributed by atoms with Crippen LogP contribution in [-0.4, -0.2) is 18.5 Å². The van der Waals surface area contributed by atoms with Gasteiger partial charge in [-0.3, -0.25) is 0 Å². The molecule has 4 nitrogen and oxygen atoms in total. The van der Waals surface area contributed by atoms with Gasteiger partial charge in [0.2, 0.25) is 0 Å². The van der Waals surface area contributed by atoms with Gasteiger partial charge >= 0.3 is 11.9 Å². The Labute approximate surface area is 155 Å². The lowest BCUT2D eigenvalue weighted by molar-refractivity contribution is 0.0428. The number of ether oxygens (including phenoxy) is 2. The Morgan fingerprint density at radius 2 is 1.54 bits per heavy atom. The van der Waals surface area contributed by atoms with Crippen LogP contribution >= 0.6 is 0 Å². The summed E-state index contributed by atoms with van der Waals surface area (Å²) in [5.74, 6) is 0.0262. The molecule has 0 saturated heterocycles. The van der Waals surface area contributed by atoms with Crippen LogP contribution in [0, 0.1) is 5.92 Å². The maximum Gasteiger partial charge on any atom is 0.343 e. The first-order chi connectivity index (χ1) is 12.6. The maximum absolute atomic E-state index is 12.2. The molecule has 0 aliphatic rings. The monoisotopic (exact) mass is 354 g/mol. The standard InChI is InChI=1S/C22H26O4/c1-3-5-9-17(4-2)16-25-21(23)19-12-14-20(15-13-19)26-22(24)18-10-7-6-8-11-18/h6-8,10-15,17H,3-5,9,16H2,1-2H3. The number of benzene rings is 2. The molecule has 0 aliphatic carbocycles. The molecule has 0 heterocycles. The van der Waals surface area contributed by atoms with Gasteiger partial charge in [-0.15, -0.1) is 0 Å². The lowest BCUT2D eigenvalue weighted by Gasteiger charge is -2.14. The fourth-order valence-corrected chi connectivity index (χ4v) is 2.57. The molecular formula is C22H26O4. The van der Waals surface area contributed by atoms with Gasteiger partial charge in [0, 0.05) is 0 Å². The van der Waals surface area contributed by atoms with Crippen molar-refractivity contribution in [2.45, 2.75) is 39.5 Å². The zero-order valence-corrected chi connectivity index (χ0v) is 15.4. The smallest absolute Gasteiger partial charge is 0.343 e. The topological polar surface area (TPSA) is 52.6 Å². The van der Waals surface area contributed by atoms with Gasteiger partial charge in [-0.1, -0.05) is 51.3 Å². The molecule has 1 atom stereocenters. The van der Waals surface area contributed by atoms with Crippen molar-refractivity contribution in [2.24, 2.45) is 5.92 Å². The Hall–Kier alpha value is -2.62. The SMILES string of the molecule is CCCCC(CC)COC(=O)c1ccc(OC(=O)c2ccccc2)cc1. The highest BCUT2D eigenvalue weighted by Gasteiger charge is 2.13. The minimum Gasteiger partial charge on any atom is -0.462 e. The number of carbonyl (C=O) groups is 2. The summed E-state index contributed by atoms with van der Waals surface area (Å²) < 4.78 is 10.7. The number of hydrogen-bond acceptors (Lipinski definition) is 4. The van der Waals surface area contributed by atoms with Crippen molar-refractivity contribution in [3.8, 4) is 5.75 Å². The lowest BCUT2D eigenvalue weighted by Crippen LogP contribution is -2.14. The Bertz CT molecular complexity index is 692. The Balaban J connectivity index is 1.88. The second-order valence-corrected chi connectivity index (χ2v) is 6.29. The highest BCUT2D eigenvalue weighted by Crippen LogP contribution is 2.17. The van der Waals surface area contributed by atoms with Crippen LogP contribution in [0.1, 0.15) is 60.2 Å². The molecule has 0 aliphatic heterocycles. The van der Waals surface area contributed by atoms with Crippen molar-refractivity contribution in [3.05, 3.63) is 65.7 Å². The Kier molecular flexibility index (Phi) is 7.87. The Morgan fingerprint density at radius 3 is 2.15 bits per heavy atom. The average molecular weight is 354 g/mol. The third-order valence-corrected chi connectivity index (χ3v) is 4.30. The van der Waals surface area contributed by atoms with E-state index >= 15 is 0 Å². The first-order valence-corrected chi connectivity index (χ1v) is 9.18. The minimum atomic E-state index is -0.428. The van der Waals surface area contributed by atoms with E-state index in [1.54, 1.807) is 48.5 Å². The van der Waals surface area contributed by atoms with Crippen molar-refractivity contribution in [2.75, 3.05) is 6.61 Å².